The van der Waals surface area contributed by atoms with E-state index in [0.717, 1.165) is 0 Å². The lowest BCUT2D eigenvalue weighted by molar-refractivity contribution is 1.17. The summed E-state index contributed by atoms with van der Waals surface area (Å²) in [7, 11) is 1.74. The van der Waals surface area contributed by atoms with Crippen molar-refractivity contribution in [3.63, 3.8) is 0 Å². The van der Waals surface area contributed by atoms with Gasteiger partial charge in [0.25, 0.3) is 0 Å². The molecule has 1 aromatic heterocycles. The van der Waals surface area contributed by atoms with Crippen LogP contribution in [0, 0.1) is 0 Å². The summed E-state index contributed by atoms with van der Waals surface area (Å²) >= 11 is 5.44. The second-order valence-corrected chi connectivity index (χ2v) is 2.03. The molecule has 0 spiro atoms. The lowest BCUT2D eigenvalue weighted by Crippen LogP contribution is -1.99. The molecule has 5 heteroatoms. The molecule has 1 aromatic rings. The summed E-state index contributed by atoms with van der Waals surface area (Å²) in [5.41, 5.74) is 6.12. The van der Waals surface area contributed by atoms with Gasteiger partial charge in [-0.1, -0.05) is 0 Å². The van der Waals surface area contributed by atoms with Gasteiger partial charge < -0.3 is 11.1 Å². The van der Waals surface area contributed by atoms with Crippen molar-refractivity contribution in [2.24, 2.45) is 0 Å². The molecule has 0 atom stereocenters. The number of anilines is 2. The van der Waals surface area contributed by atoms with E-state index in [2.05, 4.69) is 15.3 Å². The van der Waals surface area contributed by atoms with E-state index < -0.39 is 0 Å². The molecular formula is C5H7ClN4. The third-order valence-corrected chi connectivity index (χ3v) is 1.24. The van der Waals surface area contributed by atoms with Gasteiger partial charge in [0.1, 0.15) is 0 Å². The summed E-state index contributed by atoms with van der Waals surface area (Å²) in [5, 5.41) is 2.98. The quantitative estimate of drug-likeness (QED) is 0.593. The van der Waals surface area contributed by atoms with Crippen molar-refractivity contribution >= 4 is 23.1 Å². The first-order chi connectivity index (χ1) is 4.74. The van der Waals surface area contributed by atoms with E-state index in [9.17, 15) is 0 Å². The van der Waals surface area contributed by atoms with Gasteiger partial charge in [-0.2, -0.15) is 4.98 Å². The number of hydrogen-bond donors (Lipinski definition) is 2. The molecule has 1 heterocycles. The molecule has 3 N–H and O–H groups in total. The Bertz CT molecular complexity index is 237. The molecule has 0 saturated heterocycles. The maximum Gasteiger partial charge on any atom is 0.224 e. The summed E-state index contributed by atoms with van der Waals surface area (Å²) in [6.07, 6.45) is 1.53. The van der Waals surface area contributed by atoms with Crippen LogP contribution in [0.15, 0.2) is 6.20 Å². The van der Waals surface area contributed by atoms with Crippen LogP contribution in [-0.4, -0.2) is 17.0 Å². The van der Waals surface area contributed by atoms with Gasteiger partial charge in [-0.3, -0.25) is 0 Å². The predicted molar refractivity (Wildman–Crippen MR) is 41.0 cm³/mol. The van der Waals surface area contributed by atoms with Crippen LogP contribution in [0.5, 0.6) is 0 Å². The molecule has 54 valence electrons. The van der Waals surface area contributed by atoms with Crippen molar-refractivity contribution < 1.29 is 0 Å². The van der Waals surface area contributed by atoms with Crippen LogP contribution in [-0.2, 0) is 0 Å². The first kappa shape index (κ1) is 7.08. The normalized spacial score (nSPS) is 9.40. The number of nitrogens with one attached hydrogen (secondary N) is 1. The number of nitrogen functional groups attached to an aromatic ring is 1. The minimum Gasteiger partial charge on any atom is -0.384 e. The number of nitrogens with two attached hydrogens (primary N) is 1. The molecule has 0 bridgehead atoms. The lowest BCUT2D eigenvalue weighted by atomic mass is 10.5. The molecule has 0 aliphatic rings. The third kappa shape index (κ3) is 1.27. The van der Waals surface area contributed by atoms with Crippen LogP contribution in [0.1, 0.15) is 0 Å². The van der Waals surface area contributed by atoms with Crippen LogP contribution >= 0.6 is 11.6 Å². The number of hydrogen-bond acceptors (Lipinski definition) is 4. The van der Waals surface area contributed by atoms with Gasteiger partial charge in [0.15, 0.2) is 5.82 Å². The molecule has 4 nitrogen and oxygen atoms in total. The zero-order valence-corrected chi connectivity index (χ0v) is 6.18. The lowest BCUT2D eigenvalue weighted by Gasteiger charge is -2.00. The first-order valence-corrected chi connectivity index (χ1v) is 3.07. The Kier molecular flexibility index (Phi) is 1.91. The highest BCUT2D eigenvalue weighted by atomic mass is 35.5. The van der Waals surface area contributed by atoms with Gasteiger partial charge in [-0.25, -0.2) is 4.98 Å². The number of rotatable bonds is 1. The van der Waals surface area contributed by atoms with Crippen molar-refractivity contribution in [1.29, 1.82) is 0 Å². The van der Waals surface area contributed by atoms with Crippen LogP contribution in [0.3, 0.4) is 0 Å². The Hall–Kier alpha value is -1.03. The Labute approximate surface area is 63.4 Å². The van der Waals surface area contributed by atoms with Crippen molar-refractivity contribution in [1.82, 2.24) is 9.97 Å². The largest absolute Gasteiger partial charge is 0.384 e. The van der Waals surface area contributed by atoms with Gasteiger partial charge in [-0.05, 0) is 11.6 Å². The van der Waals surface area contributed by atoms with E-state index in [0.29, 0.717) is 11.5 Å². The van der Waals surface area contributed by atoms with Crippen molar-refractivity contribution in [2.75, 3.05) is 18.1 Å². The zero-order valence-electron chi connectivity index (χ0n) is 5.43. The fraction of sp³-hybridized carbons (Fsp3) is 0.200. The molecule has 1 rings (SSSR count). The van der Waals surface area contributed by atoms with Crippen molar-refractivity contribution in [2.45, 2.75) is 0 Å². The van der Waals surface area contributed by atoms with Gasteiger partial charge in [0.2, 0.25) is 5.28 Å². The zero-order chi connectivity index (χ0) is 7.56. The molecule has 0 aliphatic heterocycles. The summed E-state index contributed by atoms with van der Waals surface area (Å²) in [5.74, 6) is 0.363. The molecule has 0 saturated carbocycles. The standard InChI is InChI=1S/C5H7ClN4/c1-8-3-2-9-5(6)10-4(3)7/h2,8H,1H3,(H2,7,9,10). The highest BCUT2D eigenvalue weighted by Gasteiger charge is 1.97. The topological polar surface area (TPSA) is 63.8 Å². The van der Waals surface area contributed by atoms with Crippen LogP contribution in [0.4, 0.5) is 11.5 Å². The maximum atomic E-state index is 5.44. The highest BCUT2D eigenvalue weighted by molar-refractivity contribution is 6.28. The SMILES string of the molecule is CNc1cnc(Cl)nc1N. The van der Waals surface area contributed by atoms with E-state index in [1.165, 1.54) is 6.20 Å². The number of aromatic nitrogens is 2. The van der Waals surface area contributed by atoms with Crippen LogP contribution in [0.25, 0.3) is 0 Å². The minimum atomic E-state index is 0.163. The first-order valence-electron chi connectivity index (χ1n) is 2.70. The monoisotopic (exact) mass is 158 g/mol. The molecular weight excluding hydrogens is 152 g/mol. The average molecular weight is 159 g/mol. The van der Waals surface area contributed by atoms with Crippen molar-refractivity contribution in [3.8, 4) is 0 Å². The number of nitrogens with zero attached hydrogens (tertiary/aromatic N) is 2. The van der Waals surface area contributed by atoms with Gasteiger partial charge in [0, 0.05) is 7.05 Å². The summed E-state index contributed by atoms with van der Waals surface area (Å²) < 4.78 is 0. The van der Waals surface area contributed by atoms with Gasteiger partial charge >= 0.3 is 0 Å². The number of halogens is 1. The van der Waals surface area contributed by atoms with Crippen molar-refractivity contribution in [3.05, 3.63) is 11.5 Å². The second-order valence-electron chi connectivity index (χ2n) is 1.69. The molecule has 0 amide bonds. The Morgan fingerprint density at radius 2 is 2.40 bits per heavy atom. The molecule has 0 unspecified atom stereocenters. The summed E-state index contributed by atoms with van der Waals surface area (Å²) in [4.78, 5) is 7.44. The van der Waals surface area contributed by atoms with Crippen LogP contribution in [0.2, 0.25) is 5.28 Å². The molecule has 0 fully saturated rings. The predicted octanol–water partition coefficient (Wildman–Crippen LogP) is 0.754. The summed E-state index contributed by atoms with van der Waals surface area (Å²) in [6, 6.07) is 0. The Balaban J connectivity index is 3.07. The Morgan fingerprint density at radius 1 is 1.70 bits per heavy atom. The minimum absolute atomic E-state index is 0.163. The van der Waals surface area contributed by atoms with E-state index in [1.54, 1.807) is 7.05 Å². The third-order valence-electron chi connectivity index (χ3n) is 1.06. The van der Waals surface area contributed by atoms with E-state index in [4.69, 9.17) is 17.3 Å². The maximum absolute atomic E-state index is 5.44. The smallest absolute Gasteiger partial charge is 0.224 e. The van der Waals surface area contributed by atoms with E-state index >= 15 is 0 Å². The summed E-state index contributed by atoms with van der Waals surface area (Å²) in [6.45, 7) is 0. The van der Waals surface area contributed by atoms with E-state index in [-0.39, 0.29) is 5.28 Å². The van der Waals surface area contributed by atoms with E-state index in [1.807, 2.05) is 0 Å². The second kappa shape index (κ2) is 2.70. The fourth-order valence-corrected chi connectivity index (χ4v) is 0.705. The molecule has 0 radical (unpaired) electrons. The average Bonchev–Trinajstić information content (AvgIpc) is 1.88. The van der Waals surface area contributed by atoms with Gasteiger partial charge in [-0.15, -0.1) is 0 Å². The Morgan fingerprint density at radius 3 is 2.90 bits per heavy atom. The fourth-order valence-electron chi connectivity index (χ4n) is 0.565. The molecule has 10 heavy (non-hydrogen) atoms. The molecule has 0 aliphatic carbocycles. The van der Waals surface area contributed by atoms with Gasteiger partial charge in [0.05, 0.1) is 11.9 Å². The van der Waals surface area contributed by atoms with Crippen LogP contribution < -0.4 is 11.1 Å². The highest BCUT2D eigenvalue weighted by Crippen LogP contribution is 2.14. The molecule has 0 aromatic carbocycles.